The molecule has 4 heteroatoms. The Kier molecular flexibility index (Phi) is 6.99. The van der Waals surface area contributed by atoms with E-state index in [0.717, 1.165) is 34.2 Å². The van der Waals surface area contributed by atoms with Crippen LogP contribution in [0, 0.1) is 12.8 Å². The van der Waals surface area contributed by atoms with Gasteiger partial charge in [-0.15, -0.1) is 0 Å². The average molecular weight is 404 g/mol. The first-order valence-electron chi connectivity index (χ1n) is 10.6. The first kappa shape index (κ1) is 21.7. The summed E-state index contributed by atoms with van der Waals surface area (Å²) in [4.78, 5) is 38.4. The summed E-state index contributed by atoms with van der Waals surface area (Å²) >= 11 is 0. The smallest absolute Gasteiger partial charge is 0.221 e. The molecule has 1 amide bonds. The Balaban J connectivity index is 1.74. The van der Waals surface area contributed by atoms with Crippen LogP contribution in [0.5, 0.6) is 0 Å². The number of aryl methyl sites for hydroxylation is 2. The van der Waals surface area contributed by atoms with Crippen molar-refractivity contribution in [2.24, 2.45) is 5.92 Å². The first-order valence-corrected chi connectivity index (χ1v) is 10.6. The zero-order valence-electron chi connectivity index (χ0n) is 17.9. The van der Waals surface area contributed by atoms with Gasteiger partial charge in [0.25, 0.3) is 0 Å². The van der Waals surface area contributed by atoms with Crippen LogP contribution in [-0.4, -0.2) is 17.5 Å². The fourth-order valence-electron chi connectivity index (χ4n) is 4.32. The van der Waals surface area contributed by atoms with Gasteiger partial charge < -0.3 is 5.32 Å². The first-order chi connectivity index (χ1) is 14.4. The third-order valence-corrected chi connectivity index (χ3v) is 5.74. The van der Waals surface area contributed by atoms with Crippen molar-refractivity contribution in [3.63, 3.8) is 0 Å². The molecule has 1 N–H and O–H groups in total. The Morgan fingerprint density at radius 1 is 1.17 bits per heavy atom. The van der Waals surface area contributed by atoms with E-state index in [4.69, 9.17) is 0 Å². The van der Waals surface area contributed by atoms with Gasteiger partial charge in [0.2, 0.25) is 5.91 Å². The topological polar surface area (TPSA) is 63.2 Å². The second-order valence-corrected chi connectivity index (χ2v) is 7.93. The van der Waals surface area contributed by atoms with E-state index in [0.29, 0.717) is 6.54 Å². The highest BCUT2D eigenvalue weighted by Gasteiger charge is 2.43. The van der Waals surface area contributed by atoms with Gasteiger partial charge in [-0.05, 0) is 48.1 Å². The second-order valence-electron chi connectivity index (χ2n) is 7.93. The maximum absolute atomic E-state index is 13.1. The minimum absolute atomic E-state index is 0.0606. The lowest BCUT2D eigenvalue weighted by Gasteiger charge is -2.18. The van der Waals surface area contributed by atoms with E-state index in [9.17, 15) is 14.4 Å². The highest BCUT2D eigenvalue weighted by atomic mass is 16.2. The van der Waals surface area contributed by atoms with E-state index in [1.807, 2.05) is 69.3 Å². The van der Waals surface area contributed by atoms with E-state index < -0.39 is 11.8 Å². The molecule has 0 radical (unpaired) electrons. The number of rotatable bonds is 7. The van der Waals surface area contributed by atoms with Crippen molar-refractivity contribution in [3.05, 3.63) is 76.4 Å². The number of allylic oxidation sites excluding steroid dienone is 1. The second kappa shape index (κ2) is 9.66. The van der Waals surface area contributed by atoms with Gasteiger partial charge in [-0.1, -0.05) is 61.5 Å². The number of hydrogen-bond acceptors (Lipinski definition) is 3. The maximum Gasteiger partial charge on any atom is 0.221 e. The SMILES string of the molecule is C/C=C/c1cc(C)c(C2C(=O)CC(CC(=O)NCc3ccccc3)C2=O)c(CC)c1. The van der Waals surface area contributed by atoms with Gasteiger partial charge in [0.15, 0.2) is 5.78 Å². The predicted molar refractivity (Wildman–Crippen MR) is 119 cm³/mol. The van der Waals surface area contributed by atoms with Gasteiger partial charge in [-0.25, -0.2) is 0 Å². The molecule has 3 rings (SSSR count). The number of nitrogens with one attached hydrogen (secondary N) is 1. The molecular formula is C26H29NO3. The highest BCUT2D eigenvalue weighted by molar-refractivity contribution is 6.15. The quantitative estimate of drug-likeness (QED) is 0.691. The van der Waals surface area contributed by atoms with Gasteiger partial charge in [0, 0.05) is 25.3 Å². The van der Waals surface area contributed by atoms with Gasteiger partial charge in [0.1, 0.15) is 11.7 Å². The van der Waals surface area contributed by atoms with Crippen molar-refractivity contribution in [1.82, 2.24) is 5.32 Å². The van der Waals surface area contributed by atoms with Crippen LogP contribution in [0.3, 0.4) is 0 Å². The number of ketones is 2. The Morgan fingerprint density at radius 3 is 2.57 bits per heavy atom. The number of Topliss-reactive ketones (excluding diaryl/α,β-unsaturated/α-hetero) is 2. The highest BCUT2D eigenvalue weighted by Crippen LogP contribution is 2.38. The van der Waals surface area contributed by atoms with Crippen molar-refractivity contribution in [1.29, 1.82) is 0 Å². The molecule has 1 fully saturated rings. The largest absolute Gasteiger partial charge is 0.352 e. The van der Waals surface area contributed by atoms with Crippen LogP contribution in [0.1, 0.15) is 60.4 Å². The number of carbonyl (C=O) groups excluding carboxylic acids is 3. The van der Waals surface area contributed by atoms with E-state index in [1.54, 1.807) is 0 Å². The summed E-state index contributed by atoms with van der Waals surface area (Å²) < 4.78 is 0. The van der Waals surface area contributed by atoms with Crippen molar-refractivity contribution in [2.75, 3.05) is 0 Å². The van der Waals surface area contributed by atoms with E-state index in [-0.39, 0.29) is 30.3 Å². The summed E-state index contributed by atoms with van der Waals surface area (Å²) in [5.41, 5.74) is 4.91. The Labute approximate surface area is 178 Å². The van der Waals surface area contributed by atoms with Crippen molar-refractivity contribution in [3.8, 4) is 0 Å². The van der Waals surface area contributed by atoms with Crippen LogP contribution >= 0.6 is 0 Å². The molecule has 30 heavy (non-hydrogen) atoms. The lowest BCUT2D eigenvalue weighted by atomic mass is 9.84. The van der Waals surface area contributed by atoms with Gasteiger partial charge in [-0.2, -0.15) is 0 Å². The molecule has 0 aliphatic heterocycles. The predicted octanol–water partition coefficient (Wildman–Crippen LogP) is 4.54. The molecule has 0 bridgehead atoms. The molecule has 2 aromatic carbocycles. The molecule has 0 aromatic heterocycles. The van der Waals surface area contributed by atoms with Crippen LogP contribution in [-0.2, 0) is 27.3 Å². The molecule has 0 heterocycles. The minimum Gasteiger partial charge on any atom is -0.352 e. The summed E-state index contributed by atoms with van der Waals surface area (Å²) in [7, 11) is 0. The molecule has 1 saturated carbocycles. The molecule has 0 spiro atoms. The summed E-state index contributed by atoms with van der Waals surface area (Å²) in [6, 6.07) is 13.7. The standard InChI is InChI=1S/C26H29NO3/c1-4-9-19-12-17(3)24(20(5-2)13-19)25-22(28)14-21(26(25)30)15-23(29)27-16-18-10-7-6-8-11-18/h4,6-13,21,25H,5,14-16H2,1-3H3,(H,27,29)/b9-4+. The van der Waals surface area contributed by atoms with Crippen LogP contribution in [0.15, 0.2) is 48.5 Å². The summed E-state index contributed by atoms with van der Waals surface area (Å²) in [5.74, 6) is -1.67. The minimum atomic E-state index is -0.744. The lowest BCUT2D eigenvalue weighted by molar-refractivity contribution is -0.128. The monoisotopic (exact) mass is 403 g/mol. The lowest BCUT2D eigenvalue weighted by Crippen LogP contribution is -2.27. The third kappa shape index (κ3) is 4.76. The third-order valence-electron chi connectivity index (χ3n) is 5.74. The molecule has 2 atom stereocenters. The molecule has 1 aliphatic carbocycles. The number of benzene rings is 2. The van der Waals surface area contributed by atoms with E-state index in [2.05, 4.69) is 11.4 Å². The number of carbonyl (C=O) groups is 3. The van der Waals surface area contributed by atoms with Crippen molar-refractivity contribution >= 4 is 23.5 Å². The fourth-order valence-corrected chi connectivity index (χ4v) is 4.32. The summed E-state index contributed by atoms with van der Waals surface area (Å²) in [6.45, 7) is 6.38. The molecule has 2 unspecified atom stereocenters. The van der Waals surface area contributed by atoms with Crippen LogP contribution in [0.4, 0.5) is 0 Å². The summed E-state index contributed by atoms with van der Waals surface area (Å²) in [6.07, 6.45) is 4.95. The average Bonchev–Trinajstić information content (AvgIpc) is 3.00. The molecule has 0 saturated heterocycles. The maximum atomic E-state index is 13.1. The van der Waals surface area contributed by atoms with Crippen LogP contribution in [0.2, 0.25) is 0 Å². The fraction of sp³-hybridized carbons (Fsp3) is 0.346. The zero-order valence-corrected chi connectivity index (χ0v) is 17.9. The van der Waals surface area contributed by atoms with Gasteiger partial charge >= 0.3 is 0 Å². The normalized spacial score (nSPS) is 18.9. The molecule has 2 aromatic rings. The Hall–Kier alpha value is -3.01. The molecule has 156 valence electrons. The van der Waals surface area contributed by atoms with E-state index >= 15 is 0 Å². The Bertz CT molecular complexity index is 975. The van der Waals surface area contributed by atoms with Crippen LogP contribution < -0.4 is 5.32 Å². The molecule has 4 nitrogen and oxygen atoms in total. The van der Waals surface area contributed by atoms with Gasteiger partial charge in [-0.3, -0.25) is 14.4 Å². The molecular weight excluding hydrogens is 374 g/mol. The van der Waals surface area contributed by atoms with Crippen molar-refractivity contribution in [2.45, 2.75) is 52.5 Å². The molecule has 1 aliphatic rings. The summed E-state index contributed by atoms with van der Waals surface area (Å²) in [5, 5.41) is 2.86. The van der Waals surface area contributed by atoms with Crippen LogP contribution in [0.25, 0.3) is 6.08 Å². The number of hydrogen-bond donors (Lipinski definition) is 1. The van der Waals surface area contributed by atoms with Crippen molar-refractivity contribution < 1.29 is 14.4 Å². The Morgan fingerprint density at radius 2 is 1.90 bits per heavy atom. The van der Waals surface area contributed by atoms with E-state index in [1.165, 1.54) is 0 Å². The van der Waals surface area contributed by atoms with Gasteiger partial charge in [0.05, 0.1) is 0 Å². The zero-order chi connectivity index (χ0) is 21.7. The number of amides is 1.